The molecule has 16 heavy (non-hydrogen) atoms. The van der Waals surface area contributed by atoms with Crippen LogP contribution in [0.15, 0.2) is 24.3 Å². The van der Waals surface area contributed by atoms with E-state index in [9.17, 15) is 0 Å². The van der Waals surface area contributed by atoms with Gasteiger partial charge in [0.2, 0.25) is 0 Å². The van der Waals surface area contributed by atoms with E-state index >= 15 is 0 Å². The average Bonchev–Trinajstić information content (AvgIpc) is 2.92. The summed E-state index contributed by atoms with van der Waals surface area (Å²) in [6.07, 6.45) is 1.35. The monoisotopic (exact) mass is 280 g/mol. The molecule has 1 aromatic rings. The molecule has 2 bridgehead atoms. The van der Waals surface area contributed by atoms with Gasteiger partial charge < -0.3 is 5.32 Å². The van der Waals surface area contributed by atoms with Crippen LogP contribution in [0.1, 0.15) is 17.5 Å². The van der Waals surface area contributed by atoms with Crippen molar-refractivity contribution in [3.63, 3.8) is 0 Å². The number of piperazine rings is 1. The molecule has 0 radical (unpaired) electrons. The zero-order valence-corrected chi connectivity index (χ0v) is 10.9. The number of halogens is 1. The van der Waals surface area contributed by atoms with Gasteiger partial charge in [0, 0.05) is 37.0 Å². The van der Waals surface area contributed by atoms with E-state index < -0.39 is 0 Å². The van der Waals surface area contributed by atoms with Crippen molar-refractivity contribution in [2.24, 2.45) is 0 Å². The first-order valence-corrected chi connectivity index (χ1v) is 7.08. The topological polar surface area (TPSA) is 15.3 Å². The average molecular weight is 281 g/mol. The van der Waals surface area contributed by atoms with Crippen LogP contribution in [0, 0.1) is 0 Å². The first-order chi connectivity index (χ1) is 7.85. The van der Waals surface area contributed by atoms with Gasteiger partial charge in [-0.25, -0.2) is 0 Å². The number of hydrogen-bond acceptors (Lipinski definition) is 2. The molecule has 2 unspecified atom stereocenters. The molecular formula is C13H17BrN2. The Labute approximate surface area is 105 Å². The lowest BCUT2D eigenvalue weighted by Gasteiger charge is -2.27. The van der Waals surface area contributed by atoms with Crippen LogP contribution in [0.3, 0.4) is 0 Å². The van der Waals surface area contributed by atoms with Crippen molar-refractivity contribution < 1.29 is 0 Å². The minimum Gasteiger partial charge on any atom is -0.311 e. The molecule has 2 aliphatic heterocycles. The Hall–Kier alpha value is -0.380. The summed E-state index contributed by atoms with van der Waals surface area (Å²) in [4.78, 5) is 2.62. The largest absolute Gasteiger partial charge is 0.311 e. The van der Waals surface area contributed by atoms with E-state index in [-0.39, 0.29) is 0 Å². The van der Waals surface area contributed by atoms with Crippen LogP contribution in [0.4, 0.5) is 0 Å². The quantitative estimate of drug-likeness (QED) is 0.854. The third kappa shape index (κ3) is 2.04. The number of nitrogens with one attached hydrogen (secondary N) is 1. The summed E-state index contributed by atoms with van der Waals surface area (Å²) in [5.41, 5.74) is 2.80. The minimum atomic E-state index is 0.756. The van der Waals surface area contributed by atoms with E-state index in [1.165, 1.54) is 30.6 Å². The summed E-state index contributed by atoms with van der Waals surface area (Å²) in [6, 6.07) is 10.5. The van der Waals surface area contributed by atoms with Gasteiger partial charge in [-0.1, -0.05) is 40.2 Å². The Morgan fingerprint density at radius 3 is 2.56 bits per heavy atom. The highest BCUT2D eigenvalue weighted by Gasteiger charge is 2.36. The second kappa shape index (κ2) is 4.47. The molecule has 0 amide bonds. The predicted octanol–water partition coefficient (Wildman–Crippen LogP) is 2.13. The fraction of sp³-hybridized carbons (Fsp3) is 0.538. The SMILES string of the molecule is BrCc1ccc(CN2CC3CC2CN3)cc1. The molecule has 86 valence electrons. The van der Waals surface area contributed by atoms with E-state index in [0.717, 1.165) is 24.0 Å². The summed E-state index contributed by atoms with van der Waals surface area (Å²) in [6.45, 7) is 3.53. The molecule has 2 heterocycles. The lowest BCUT2D eigenvalue weighted by molar-refractivity contribution is 0.218. The normalized spacial score (nSPS) is 28.8. The summed E-state index contributed by atoms with van der Waals surface area (Å²) in [7, 11) is 0. The zero-order chi connectivity index (χ0) is 11.0. The Balaban J connectivity index is 1.65. The number of rotatable bonds is 3. The van der Waals surface area contributed by atoms with Crippen molar-refractivity contribution in [1.82, 2.24) is 10.2 Å². The molecule has 1 aromatic carbocycles. The third-order valence-corrected chi connectivity index (χ3v) is 4.38. The number of nitrogens with zero attached hydrogens (tertiary/aromatic N) is 1. The second-order valence-corrected chi connectivity index (χ2v) is 5.44. The van der Waals surface area contributed by atoms with Crippen LogP contribution in [-0.2, 0) is 11.9 Å². The molecule has 0 spiro atoms. The highest BCUT2D eigenvalue weighted by Crippen LogP contribution is 2.25. The molecule has 2 fully saturated rings. The number of alkyl halides is 1. The van der Waals surface area contributed by atoms with Gasteiger partial charge in [0.15, 0.2) is 0 Å². The third-order valence-electron chi connectivity index (χ3n) is 3.73. The number of likely N-dealkylation sites (tertiary alicyclic amines) is 1. The van der Waals surface area contributed by atoms with E-state index in [4.69, 9.17) is 0 Å². The molecule has 2 aliphatic rings. The molecule has 3 heteroatoms. The standard InChI is InChI=1S/C13H17BrN2/c14-6-10-1-3-11(4-2-10)8-16-9-12-5-13(16)7-15-12/h1-4,12-13,15H,5-9H2. The fourth-order valence-electron chi connectivity index (χ4n) is 2.81. The Bertz CT molecular complexity index is 363. The van der Waals surface area contributed by atoms with Crippen LogP contribution >= 0.6 is 15.9 Å². The number of benzene rings is 1. The van der Waals surface area contributed by atoms with Crippen LogP contribution in [0.5, 0.6) is 0 Å². The summed E-state index contributed by atoms with van der Waals surface area (Å²) >= 11 is 3.48. The maximum Gasteiger partial charge on any atom is 0.0283 e. The van der Waals surface area contributed by atoms with Crippen molar-refractivity contribution >= 4 is 15.9 Å². The lowest BCUT2D eigenvalue weighted by Crippen LogP contribution is -2.42. The zero-order valence-electron chi connectivity index (χ0n) is 9.32. The predicted molar refractivity (Wildman–Crippen MR) is 69.7 cm³/mol. The van der Waals surface area contributed by atoms with Gasteiger partial charge in [0.1, 0.15) is 0 Å². The second-order valence-electron chi connectivity index (χ2n) is 4.87. The van der Waals surface area contributed by atoms with Gasteiger partial charge in [-0.3, -0.25) is 4.90 Å². The maximum atomic E-state index is 3.54. The van der Waals surface area contributed by atoms with Gasteiger partial charge >= 0.3 is 0 Å². The van der Waals surface area contributed by atoms with Crippen molar-refractivity contribution in [1.29, 1.82) is 0 Å². The minimum absolute atomic E-state index is 0.756. The van der Waals surface area contributed by atoms with Crippen molar-refractivity contribution in [2.45, 2.75) is 30.4 Å². The fourth-order valence-corrected chi connectivity index (χ4v) is 3.18. The van der Waals surface area contributed by atoms with Gasteiger partial charge in [0.05, 0.1) is 0 Å². The van der Waals surface area contributed by atoms with Crippen LogP contribution in [-0.4, -0.2) is 30.1 Å². The Morgan fingerprint density at radius 1 is 1.25 bits per heavy atom. The Morgan fingerprint density at radius 2 is 2.00 bits per heavy atom. The van der Waals surface area contributed by atoms with Crippen molar-refractivity contribution in [3.05, 3.63) is 35.4 Å². The molecule has 0 aromatic heterocycles. The highest BCUT2D eigenvalue weighted by molar-refractivity contribution is 9.08. The van der Waals surface area contributed by atoms with E-state index in [1.807, 2.05) is 0 Å². The molecule has 0 aliphatic carbocycles. The smallest absolute Gasteiger partial charge is 0.0283 e. The van der Waals surface area contributed by atoms with Gasteiger partial charge in [0.25, 0.3) is 0 Å². The molecule has 0 saturated carbocycles. The molecular weight excluding hydrogens is 264 g/mol. The number of hydrogen-bond donors (Lipinski definition) is 1. The van der Waals surface area contributed by atoms with Crippen LogP contribution in [0.2, 0.25) is 0 Å². The van der Waals surface area contributed by atoms with E-state index in [1.54, 1.807) is 0 Å². The maximum absolute atomic E-state index is 3.54. The van der Waals surface area contributed by atoms with Gasteiger partial charge in [-0.2, -0.15) is 0 Å². The molecule has 3 rings (SSSR count). The molecule has 2 saturated heterocycles. The first-order valence-electron chi connectivity index (χ1n) is 5.96. The Kier molecular flexibility index (Phi) is 3.01. The van der Waals surface area contributed by atoms with Crippen LogP contribution < -0.4 is 5.32 Å². The van der Waals surface area contributed by atoms with Gasteiger partial charge in [-0.15, -0.1) is 0 Å². The summed E-state index contributed by atoms with van der Waals surface area (Å²) in [5.74, 6) is 0. The lowest BCUT2D eigenvalue weighted by atomic mass is 10.1. The number of fused-ring (bicyclic) bond motifs is 2. The molecule has 2 atom stereocenters. The van der Waals surface area contributed by atoms with Crippen molar-refractivity contribution in [2.75, 3.05) is 13.1 Å². The summed E-state index contributed by atoms with van der Waals surface area (Å²) in [5, 5.41) is 4.49. The first kappa shape index (κ1) is 10.8. The van der Waals surface area contributed by atoms with Crippen molar-refractivity contribution in [3.8, 4) is 0 Å². The van der Waals surface area contributed by atoms with Crippen LogP contribution in [0.25, 0.3) is 0 Å². The van der Waals surface area contributed by atoms with E-state index in [0.29, 0.717) is 0 Å². The highest BCUT2D eigenvalue weighted by atomic mass is 79.9. The van der Waals surface area contributed by atoms with E-state index in [2.05, 4.69) is 50.4 Å². The summed E-state index contributed by atoms with van der Waals surface area (Å²) < 4.78 is 0. The molecule has 2 nitrogen and oxygen atoms in total. The van der Waals surface area contributed by atoms with Gasteiger partial charge in [-0.05, 0) is 17.5 Å². The molecule has 1 N–H and O–H groups in total.